The zero-order valence-corrected chi connectivity index (χ0v) is 16.8. The van der Waals surface area contributed by atoms with E-state index in [1.165, 1.54) is 17.2 Å². The topological polar surface area (TPSA) is 57.6 Å². The Hall–Kier alpha value is -3.40. The van der Waals surface area contributed by atoms with E-state index in [2.05, 4.69) is 12.1 Å². The van der Waals surface area contributed by atoms with Gasteiger partial charge in [-0.25, -0.2) is 0 Å². The molecule has 0 bridgehead atoms. The Morgan fingerprint density at radius 1 is 0.800 bits per heavy atom. The molecule has 1 aliphatic rings. The number of carbonyl (C=O) groups is 2. The Kier molecular flexibility index (Phi) is 5.94. The lowest BCUT2D eigenvalue weighted by Gasteiger charge is -2.31. The number of Topliss-reactive ketones (excluding diaryl/α,β-unsaturated/α-hetero) is 1. The maximum atomic E-state index is 12.9. The number of amides is 1. The van der Waals surface area contributed by atoms with Crippen LogP contribution in [0.5, 0.6) is 5.75 Å². The first-order valence-electron chi connectivity index (χ1n) is 10.4. The molecule has 1 saturated heterocycles. The zero-order chi connectivity index (χ0) is 20.9. The fraction of sp³-hybridized carbons (Fsp3) is 0.231. The molecule has 0 aromatic heterocycles. The summed E-state index contributed by atoms with van der Waals surface area (Å²) in [4.78, 5) is 27.3. The van der Waals surface area contributed by atoms with Gasteiger partial charge in [-0.3, -0.25) is 9.59 Å². The average Bonchev–Trinajstić information content (AvgIpc) is 2.79. The van der Waals surface area contributed by atoms with Gasteiger partial charge in [-0.2, -0.15) is 0 Å². The minimum atomic E-state index is -0.0953. The lowest BCUT2D eigenvalue weighted by atomic mass is 9.88. The molecule has 0 saturated carbocycles. The molecule has 0 spiro atoms. The summed E-state index contributed by atoms with van der Waals surface area (Å²) in [5, 5.41) is 9.59. The van der Waals surface area contributed by atoms with Crippen molar-refractivity contribution in [1.82, 2.24) is 4.90 Å². The van der Waals surface area contributed by atoms with Crippen molar-refractivity contribution in [3.8, 4) is 5.75 Å². The molecule has 1 fully saturated rings. The van der Waals surface area contributed by atoms with E-state index in [-0.39, 0.29) is 23.4 Å². The Bertz CT molecular complexity index is 1020. The van der Waals surface area contributed by atoms with E-state index < -0.39 is 0 Å². The third-order valence-electron chi connectivity index (χ3n) is 5.74. The first-order valence-corrected chi connectivity index (χ1v) is 10.4. The van der Waals surface area contributed by atoms with Crippen molar-refractivity contribution in [2.75, 3.05) is 13.1 Å². The first kappa shape index (κ1) is 19.9. The van der Waals surface area contributed by atoms with Crippen LogP contribution in [0.25, 0.3) is 0 Å². The van der Waals surface area contributed by atoms with Gasteiger partial charge in [0.2, 0.25) is 0 Å². The van der Waals surface area contributed by atoms with Gasteiger partial charge in [-0.05, 0) is 48.6 Å². The van der Waals surface area contributed by atoms with Crippen molar-refractivity contribution < 1.29 is 14.7 Å². The predicted octanol–water partition coefficient (Wildman–Crippen LogP) is 4.72. The number of piperidine rings is 1. The van der Waals surface area contributed by atoms with Gasteiger partial charge in [0.1, 0.15) is 5.75 Å². The molecule has 4 rings (SSSR count). The monoisotopic (exact) mass is 399 g/mol. The summed E-state index contributed by atoms with van der Waals surface area (Å²) in [6.45, 7) is 1.11. The van der Waals surface area contributed by atoms with E-state index in [1.807, 2.05) is 42.5 Å². The highest BCUT2D eigenvalue weighted by Crippen LogP contribution is 2.24. The molecular weight excluding hydrogens is 374 g/mol. The number of nitrogens with zero attached hydrogens (tertiary/aromatic N) is 1. The summed E-state index contributed by atoms with van der Waals surface area (Å²) in [5.41, 5.74) is 3.66. The van der Waals surface area contributed by atoms with Crippen LogP contribution in [0.1, 0.15) is 44.7 Å². The predicted molar refractivity (Wildman–Crippen MR) is 117 cm³/mol. The van der Waals surface area contributed by atoms with Crippen LogP contribution in [-0.2, 0) is 6.42 Å². The van der Waals surface area contributed by atoms with Gasteiger partial charge in [-0.15, -0.1) is 0 Å². The largest absolute Gasteiger partial charge is 0.508 e. The highest BCUT2D eigenvalue weighted by molar-refractivity contribution is 5.98. The third kappa shape index (κ3) is 4.60. The van der Waals surface area contributed by atoms with Gasteiger partial charge in [0.05, 0.1) is 0 Å². The van der Waals surface area contributed by atoms with E-state index in [4.69, 9.17) is 0 Å². The molecule has 30 heavy (non-hydrogen) atoms. The van der Waals surface area contributed by atoms with Crippen molar-refractivity contribution in [3.63, 3.8) is 0 Å². The fourth-order valence-corrected chi connectivity index (χ4v) is 4.02. The molecule has 152 valence electrons. The van der Waals surface area contributed by atoms with E-state index in [1.54, 1.807) is 23.1 Å². The van der Waals surface area contributed by atoms with Crippen molar-refractivity contribution >= 4 is 11.7 Å². The standard InChI is InChI=1S/C26H25NO3/c28-24-8-4-7-23(18-24)26(30)27-15-13-22(14-16-27)25(29)21-11-9-20(10-12-21)17-19-5-2-1-3-6-19/h1-12,18,22,28H,13-17H2. The number of carbonyl (C=O) groups excluding carboxylic acids is 2. The maximum absolute atomic E-state index is 12.9. The molecule has 3 aromatic rings. The zero-order valence-electron chi connectivity index (χ0n) is 16.8. The van der Waals surface area contributed by atoms with Crippen molar-refractivity contribution in [2.45, 2.75) is 19.3 Å². The number of phenolic OH excluding ortho intramolecular Hbond substituents is 1. The molecular formula is C26H25NO3. The Labute approximate surface area is 176 Å². The highest BCUT2D eigenvalue weighted by atomic mass is 16.3. The van der Waals surface area contributed by atoms with Crippen molar-refractivity contribution in [3.05, 3.63) is 101 Å². The second-order valence-corrected chi connectivity index (χ2v) is 7.84. The molecule has 4 nitrogen and oxygen atoms in total. The number of hydrogen-bond donors (Lipinski definition) is 1. The number of benzene rings is 3. The van der Waals surface area contributed by atoms with Gasteiger partial charge >= 0.3 is 0 Å². The highest BCUT2D eigenvalue weighted by Gasteiger charge is 2.28. The number of phenols is 1. The molecule has 0 radical (unpaired) electrons. The average molecular weight is 399 g/mol. The molecule has 1 aliphatic heterocycles. The van der Waals surface area contributed by atoms with Crippen LogP contribution in [0.3, 0.4) is 0 Å². The van der Waals surface area contributed by atoms with E-state index in [0.717, 1.165) is 12.0 Å². The quantitative estimate of drug-likeness (QED) is 0.632. The normalized spacial score (nSPS) is 14.5. The SMILES string of the molecule is O=C(c1ccc(Cc2ccccc2)cc1)C1CCN(C(=O)c2cccc(O)c2)CC1. The van der Waals surface area contributed by atoms with Crippen LogP contribution in [0.2, 0.25) is 0 Å². The molecule has 1 heterocycles. The van der Waals surface area contributed by atoms with Crippen LogP contribution in [0, 0.1) is 5.92 Å². The van der Waals surface area contributed by atoms with E-state index >= 15 is 0 Å². The number of hydrogen-bond acceptors (Lipinski definition) is 3. The number of rotatable bonds is 5. The second kappa shape index (κ2) is 8.95. The summed E-state index contributed by atoms with van der Waals surface area (Å²) < 4.78 is 0. The minimum absolute atomic E-state index is 0.0572. The summed E-state index contributed by atoms with van der Waals surface area (Å²) >= 11 is 0. The summed E-state index contributed by atoms with van der Waals surface area (Å²) in [6, 6.07) is 24.6. The van der Waals surface area contributed by atoms with Crippen LogP contribution < -0.4 is 0 Å². The second-order valence-electron chi connectivity index (χ2n) is 7.84. The molecule has 0 aliphatic carbocycles. The van der Waals surface area contributed by atoms with Crippen LogP contribution >= 0.6 is 0 Å². The first-order chi connectivity index (χ1) is 14.6. The van der Waals surface area contributed by atoms with Crippen LogP contribution in [-0.4, -0.2) is 34.8 Å². The number of aromatic hydroxyl groups is 1. The van der Waals surface area contributed by atoms with Crippen molar-refractivity contribution in [1.29, 1.82) is 0 Å². The summed E-state index contributed by atoms with van der Waals surface area (Å²) in [5.74, 6) is 0.0904. The van der Waals surface area contributed by atoms with Gasteiger partial charge in [-0.1, -0.05) is 60.7 Å². The number of ketones is 1. The van der Waals surface area contributed by atoms with Gasteiger partial charge < -0.3 is 10.0 Å². The fourth-order valence-electron chi connectivity index (χ4n) is 4.02. The van der Waals surface area contributed by atoms with Crippen LogP contribution in [0.15, 0.2) is 78.9 Å². The summed E-state index contributed by atoms with van der Waals surface area (Å²) in [7, 11) is 0. The lowest BCUT2D eigenvalue weighted by molar-refractivity contribution is 0.0650. The Morgan fingerprint density at radius 2 is 1.47 bits per heavy atom. The minimum Gasteiger partial charge on any atom is -0.508 e. The van der Waals surface area contributed by atoms with E-state index in [9.17, 15) is 14.7 Å². The van der Waals surface area contributed by atoms with Crippen molar-refractivity contribution in [2.24, 2.45) is 5.92 Å². The van der Waals surface area contributed by atoms with Gasteiger partial charge in [0.25, 0.3) is 5.91 Å². The van der Waals surface area contributed by atoms with Crippen LogP contribution in [0.4, 0.5) is 0 Å². The molecule has 4 heteroatoms. The smallest absolute Gasteiger partial charge is 0.253 e. The Balaban J connectivity index is 1.34. The third-order valence-corrected chi connectivity index (χ3v) is 5.74. The lowest BCUT2D eigenvalue weighted by Crippen LogP contribution is -2.40. The van der Waals surface area contributed by atoms with Gasteiger partial charge in [0.15, 0.2) is 5.78 Å². The van der Waals surface area contributed by atoms with E-state index in [0.29, 0.717) is 31.5 Å². The molecule has 1 N–H and O–H groups in total. The Morgan fingerprint density at radius 3 is 2.13 bits per heavy atom. The molecule has 3 aromatic carbocycles. The number of likely N-dealkylation sites (tertiary alicyclic amines) is 1. The molecule has 0 atom stereocenters. The maximum Gasteiger partial charge on any atom is 0.253 e. The molecule has 0 unspecified atom stereocenters. The molecule has 1 amide bonds. The summed E-state index contributed by atoms with van der Waals surface area (Å²) in [6.07, 6.45) is 2.18. The van der Waals surface area contributed by atoms with Gasteiger partial charge in [0, 0.05) is 30.1 Å².